The average Bonchev–Trinajstić information content (AvgIpc) is 2.08. The summed E-state index contributed by atoms with van der Waals surface area (Å²) in [4.78, 5) is 13.6. The summed E-state index contributed by atoms with van der Waals surface area (Å²) in [6, 6.07) is 5.72. The van der Waals surface area contributed by atoms with Crippen LogP contribution in [0.1, 0.15) is 19.8 Å². The monoisotopic (exact) mass is 185 g/mol. The highest BCUT2D eigenvalue weighted by Gasteiger charge is 1.87. The lowest BCUT2D eigenvalue weighted by atomic mass is 10.4. The second-order valence-electron chi connectivity index (χ2n) is 2.13. The Kier molecular flexibility index (Phi) is 7.60. The smallest absolute Gasteiger partial charge is 0.221 e. The van der Waals surface area contributed by atoms with Gasteiger partial charge >= 0.3 is 0 Å². The number of pyridine rings is 1. The molecule has 0 aliphatic rings. The average molecular weight is 186 g/mol. The van der Waals surface area contributed by atoms with Crippen LogP contribution < -0.4 is 0 Å². The van der Waals surface area contributed by atoms with Crippen molar-refractivity contribution >= 4 is 16.8 Å². The molecule has 0 saturated carbocycles. The van der Waals surface area contributed by atoms with Crippen LogP contribution in [-0.2, 0) is 4.79 Å². The van der Waals surface area contributed by atoms with Crippen molar-refractivity contribution in [1.29, 1.82) is 0 Å². The molecule has 0 aromatic carbocycles. The van der Waals surface area contributed by atoms with E-state index in [4.69, 9.17) is 11.6 Å². The minimum absolute atomic E-state index is 0.238. The van der Waals surface area contributed by atoms with E-state index in [2.05, 4.69) is 4.98 Å². The minimum Gasteiger partial charge on any atom is -0.281 e. The first-order valence-electron chi connectivity index (χ1n) is 3.80. The van der Waals surface area contributed by atoms with Crippen molar-refractivity contribution < 1.29 is 4.79 Å². The van der Waals surface area contributed by atoms with Gasteiger partial charge in [-0.15, -0.1) is 0 Å². The number of nitrogens with zero attached hydrogens (tertiary/aromatic N) is 1. The minimum atomic E-state index is -0.238. The Hall–Kier alpha value is -0.890. The maximum atomic E-state index is 9.81. The van der Waals surface area contributed by atoms with Gasteiger partial charge in [0.15, 0.2) is 0 Å². The molecule has 66 valence electrons. The molecule has 0 N–H and O–H groups in total. The lowest BCUT2D eigenvalue weighted by molar-refractivity contribution is -0.111. The third-order valence-corrected chi connectivity index (χ3v) is 1.20. The molecule has 0 atom stereocenters. The highest BCUT2D eigenvalue weighted by Crippen LogP contribution is 1.90. The van der Waals surface area contributed by atoms with Crippen molar-refractivity contribution in [3.8, 4) is 0 Å². The van der Waals surface area contributed by atoms with E-state index in [-0.39, 0.29) is 5.24 Å². The van der Waals surface area contributed by atoms with Gasteiger partial charge < -0.3 is 0 Å². The number of aromatic nitrogens is 1. The van der Waals surface area contributed by atoms with E-state index in [1.807, 2.05) is 25.1 Å². The van der Waals surface area contributed by atoms with E-state index in [1.54, 1.807) is 12.4 Å². The second kappa shape index (κ2) is 8.21. The SMILES string of the molecule is CCCC(=O)Cl.c1ccncc1. The van der Waals surface area contributed by atoms with E-state index in [9.17, 15) is 4.79 Å². The Bertz CT molecular complexity index is 174. The van der Waals surface area contributed by atoms with Crippen molar-refractivity contribution in [2.75, 3.05) is 0 Å². The van der Waals surface area contributed by atoms with E-state index in [1.165, 1.54) is 0 Å². The second-order valence-corrected chi connectivity index (χ2v) is 2.55. The molecule has 0 amide bonds. The molecule has 0 unspecified atom stereocenters. The summed E-state index contributed by atoms with van der Waals surface area (Å²) in [6.07, 6.45) is 4.85. The first kappa shape index (κ1) is 11.1. The van der Waals surface area contributed by atoms with Crippen molar-refractivity contribution in [3.63, 3.8) is 0 Å². The third kappa shape index (κ3) is 9.11. The summed E-state index contributed by atoms with van der Waals surface area (Å²) in [6.45, 7) is 1.92. The van der Waals surface area contributed by atoms with Crippen LogP contribution in [0.25, 0.3) is 0 Å². The van der Waals surface area contributed by atoms with E-state index in [0.29, 0.717) is 6.42 Å². The van der Waals surface area contributed by atoms with Crippen LogP contribution in [0.5, 0.6) is 0 Å². The molecule has 3 heteroatoms. The summed E-state index contributed by atoms with van der Waals surface area (Å²) in [7, 11) is 0. The number of carbonyl (C=O) groups is 1. The Morgan fingerprint density at radius 3 is 2.00 bits per heavy atom. The first-order chi connectivity index (χ1) is 5.77. The molecule has 0 aliphatic heterocycles. The van der Waals surface area contributed by atoms with Crippen LogP contribution in [0.2, 0.25) is 0 Å². The predicted molar refractivity (Wildman–Crippen MR) is 50.0 cm³/mol. The summed E-state index contributed by atoms with van der Waals surface area (Å²) in [5, 5.41) is -0.238. The van der Waals surface area contributed by atoms with Crippen LogP contribution in [0.3, 0.4) is 0 Å². The van der Waals surface area contributed by atoms with Gasteiger partial charge in [0.25, 0.3) is 0 Å². The lowest BCUT2D eigenvalue weighted by Gasteiger charge is -1.77. The topological polar surface area (TPSA) is 30.0 Å². The van der Waals surface area contributed by atoms with Gasteiger partial charge in [-0.1, -0.05) is 13.0 Å². The Morgan fingerprint density at radius 1 is 1.33 bits per heavy atom. The first-order valence-corrected chi connectivity index (χ1v) is 4.18. The van der Waals surface area contributed by atoms with Crippen molar-refractivity contribution in [3.05, 3.63) is 30.6 Å². The van der Waals surface area contributed by atoms with Gasteiger partial charge in [-0.2, -0.15) is 0 Å². The zero-order valence-electron chi connectivity index (χ0n) is 7.03. The lowest BCUT2D eigenvalue weighted by Crippen LogP contribution is -1.79. The summed E-state index contributed by atoms with van der Waals surface area (Å²) in [5.41, 5.74) is 0. The normalized spacial score (nSPS) is 8.17. The summed E-state index contributed by atoms with van der Waals surface area (Å²) >= 11 is 4.94. The third-order valence-electron chi connectivity index (χ3n) is 1.01. The largest absolute Gasteiger partial charge is 0.281 e. The molecule has 0 bridgehead atoms. The van der Waals surface area contributed by atoms with Gasteiger partial charge in [-0.3, -0.25) is 9.78 Å². The Morgan fingerprint density at radius 2 is 1.92 bits per heavy atom. The number of halogens is 1. The Labute approximate surface area is 77.6 Å². The fourth-order valence-electron chi connectivity index (χ4n) is 0.509. The maximum Gasteiger partial charge on any atom is 0.221 e. The van der Waals surface area contributed by atoms with Crippen molar-refractivity contribution in [1.82, 2.24) is 4.98 Å². The number of carbonyl (C=O) groups excluding carboxylic acids is 1. The quantitative estimate of drug-likeness (QED) is 0.663. The van der Waals surface area contributed by atoms with E-state index in [0.717, 1.165) is 6.42 Å². The molecule has 1 aromatic heterocycles. The van der Waals surface area contributed by atoms with Crippen LogP contribution >= 0.6 is 11.6 Å². The van der Waals surface area contributed by atoms with Crippen molar-refractivity contribution in [2.45, 2.75) is 19.8 Å². The van der Waals surface area contributed by atoms with Gasteiger partial charge in [0.05, 0.1) is 0 Å². The molecule has 1 heterocycles. The number of hydrogen-bond acceptors (Lipinski definition) is 2. The standard InChI is InChI=1S/C5H5N.C4H7ClO/c1-2-4-6-5-3-1;1-2-3-4(5)6/h1-5H;2-3H2,1H3. The fraction of sp³-hybridized carbons (Fsp3) is 0.333. The molecular formula is C9H12ClNO. The van der Waals surface area contributed by atoms with E-state index < -0.39 is 0 Å². The molecule has 1 aromatic rings. The van der Waals surface area contributed by atoms with Gasteiger partial charge in [0, 0.05) is 18.8 Å². The molecule has 0 radical (unpaired) electrons. The zero-order chi connectivity index (χ0) is 9.23. The van der Waals surface area contributed by atoms with Gasteiger partial charge in [-0.25, -0.2) is 0 Å². The van der Waals surface area contributed by atoms with Gasteiger partial charge in [0.1, 0.15) is 0 Å². The Balaban J connectivity index is 0.000000202. The van der Waals surface area contributed by atoms with Crippen LogP contribution in [0.4, 0.5) is 0 Å². The number of rotatable bonds is 2. The molecule has 1 rings (SSSR count). The van der Waals surface area contributed by atoms with Crippen LogP contribution in [0.15, 0.2) is 30.6 Å². The molecule has 0 aliphatic carbocycles. The fourth-order valence-corrected chi connectivity index (χ4v) is 0.698. The number of hydrogen-bond donors (Lipinski definition) is 0. The molecule has 0 fully saturated rings. The maximum absolute atomic E-state index is 9.81. The molecular weight excluding hydrogens is 174 g/mol. The highest BCUT2D eigenvalue weighted by molar-refractivity contribution is 6.63. The van der Waals surface area contributed by atoms with Crippen LogP contribution in [0, 0.1) is 0 Å². The summed E-state index contributed by atoms with van der Waals surface area (Å²) in [5.74, 6) is 0. The van der Waals surface area contributed by atoms with Gasteiger partial charge in [0.2, 0.25) is 5.24 Å². The molecule has 0 spiro atoms. The van der Waals surface area contributed by atoms with E-state index >= 15 is 0 Å². The van der Waals surface area contributed by atoms with Crippen LogP contribution in [-0.4, -0.2) is 10.2 Å². The summed E-state index contributed by atoms with van der Waals surface area (Å²) < 4.78 is 0. The molecule has 12 heavy (non-hydrogen) atoms. The highest BCUT2D eigenvalue weighted by atomic mass is 35.5. The molecule has 2 nitrogen and oxygen atoms in total. The van der Waals surface area contributed by atoms with Crippen molar-refractivity contribution in [2.24, 2.45) is 0 Å². The zero-order valence-corrected chi connectivity index (χ0v) is 7.79. The molecule has 0 saturated heterocycles. The van der Waals surface area contributed by atoms with Gasteiger partial charge in [-0.05, 0) is 30.2 Å². The predicted octanol–water partition coefficient (Wildman–Crippen LogP) is 2.63.